The monoisotopic (exact) mass is 213 g/mol. The summed E-state index contributed by atoms with van der Waals surface area (Å²) < 4.78 is 5.64. The maximum Gasteiger partial charge on any atom is 0.223 e. The summed E-state index contributed by atoms with van der Waals surface area (Å²) in [5.41, 5.74) is -0.0960. The highest BCUT2D eigenvalue weighted by atomic mass is 16.5. The smallest absolute Gasteiger partial charge is 0.223 e. The third kappa shape index (κ3) is 5.17. The number of rotatable bonds is 3. The van der Waals surface area contributed by atoms with Gasteiger partial charge in [-0.05, 0) is 40.0 Å². The van der Waals surface area contributed by atoms with Crippen LogP contribution in [0.15, 0.2) is 0 Å². The molecule has 3 nitrogen and oxygen atoms in total. The molecule has 0 aromatic carbocycles. The van der Waals surface area contributed by atoms with Crippen LogP contribution in [0.2, 0.25) is 0 Å². The zero-order chi connectivity index (χ0) is 11.3. The lowest BCUT2D eigenvalue weighted by Gasteiger charge is -2.21. The molecule has 0 radical (unpaired) electrons. The Hall–Kier alpha value is -0.570. The van der Waals surface area contributed by atoms with Crippen LogP contribution in [0.1, 0.15) is 46.5 Å². The second-order valence-electron chi connectivity index (χ2n) is 5.23. The molecule has 0 spiro atoms. The molecule has 1 aliphatic rings. The summed E-state index contributed by atoms with van der Waals surface area (Å²) in [7, 11) is 0. The average Bonchev–Trinajstić information content (AvgIpc) is 2.30. The molecule has 15 heavy (non-hydrogen) atoms. The molecule has 1 amide bonds. The summed E-state index contributed by atoms with van der Waals surface area (Å²) in [5, 5.41) is 2.95. The van der Waals surface area contributed by atoms with E-state index in [0.717, 1.165) is 32.2 Å². The van der Waals surface area contributed by atoms with Crippen molar-refractivity contribution in [1.82, 2.24) is 5.32 Å². The summed E-state index contributed by atoms with van der Waals surface area (Å²) >= 11 is 0. The van der Waals surface area contributed by atoms with Crippen molar-refractivity contribution in [2.24, 2.45) is 5.92 Å². The lowest BCUT2D eigenvalue weighted by molar-refractivity contribution is -0.125. The molecule has 1 N–H and O–H groups in total. The molecular formula is C12H23NO2. The molecule has 0 bridgehead atoms. The maximum atomic E-state index is 11.6. The highest BCUT2D eigenvalue weighted by Crippen LogP contribution is 2.17. The van der Waals surface area contributed by atoms with E-state index < -0.39 is 0 Å². The molecule has 1 saturated heterocycles. The number of hydrogen-bond acceptors (Lipinski definition) is 2. The van der Waals surface area contributed by atoms with Gasteiger partial charge in [-0.1, -0.05) is 6.42 Å². The van der Waals surface area contributed by atoms with Gasteiger partial charge in [-0.2, -0.15) is 0 Å². The van der Waals surface area contributed by atoms with Crippen LogP contribution in [0.3, 0.4) is 0 Å². The summed E-state index contributed by atoms with van der Waals surface area (Å²) in [6.07, 6.45) is 4.13. The van der Waals surface area contributed by atoms with E-state index in [9.17, 15) is 4.79 Å². The minimum absolute atomic E-state index is 0.0960. The fourth-order valence-corrected chi connectivity index (χ4v) is 1.79. The van der Waals surface area contributed by atoms with E-state index in [1.54, 1.807) is 0 Å². The lowest BCUT2D eigenvalue weighted by Crippen LogP contribution is -2.30. The minimum Gasteiger partial charge on any atom is -0.376 e. The van der Waals surface area contributed by atoms with Crippen LogP contribution in [-0.4, -0.2) is 24.7 Å². The first-order chi connectivity index (χ1) is 6.99. The number of ether oxygens (including phenoxy) is 1. The van der Waals surface area contributed by atoms with E-state index in [4.69, 9.17) is 4.74 Å². The van der Waals surface area contributed by atoms with Crippen LogP contribution >= 0.6 is 0 Å². The Balaban J connectivity index is 2.27. The first kappa shape index (κ1) is 12.5. The maximum absolute atomic E-state index is 11.6. The van der Waals surface area contributed by atoms with E-state index in [2.05, 4.69) is 5.32 Å². The zero-order valence-electron chi connectivity index (χ0n) is 10.1. The Morgan fingerprint density at radius 3 is 2.80 bits per heavy atom. The quantitative estimate of drug-likeness (QED) is 0.779. The molecule has 0 aliphatic carbocycles. The second kappa shape index (κ2) is 5.50. The summed E-state index contributed by atoms with van der Waals surface area (Å²) in [4.78, 5) is 11.6. The van der Waals surface area contributed by atoms with Gasteiger partial charge in [0.25, 0.3) is 0 Å². The van der Waals surface area contributed by atoms with Gasteiger partial charge in [0.15, 0.2) is 0 Å². The third-order valence-electron chi connectivity index (χ3n) is 2.65. The number of carbonyl (C=O) groups is 1. The zero-order valence-corrected chi connectivity index (χ0v) is 10.1. The average molecular weight is 213 g/mol. The van der Waals surface area contributed by atoms with Crippen molar-refractivity contribution < 1.29 is 9.53 Å². The van der Waals surface area contributed by atoms with E-state index in [1.165, 1.54) is 0 Å². The van der Waals surface area contributed by atoms with Gasteiger partial charge in [-0.15, -0.1) is 0 Å². The first-order valence-electron chi connectivity index (χ1n) is 5.91. The molecule has 1 heterocycles. The SMILES string of the molecule is CC(C)(C)OCCC1CCCCNC1=O. The molecule has 0 aromatic heterocycles. The second-order valence-corrected chi connectivity index (χ2v) is 5.23. The molecule has 1 aliphatic heterocycles. The van der Waals surface area contributed by atoms with Gasteiger partial charge in [0, 0.05) is 19.1 Å². The normalized spacial score (nSPS) is 23.4. The van der Waals surface area contributed by atoms with Crippen LogP contribution in [0, 0.1) is 5.92 Å². The largest absolute Gasteiger partial charge is 0.376 e. The molecule has 88 valence electrons. The number of nitrogens with one attached hydrogen (secondary N) is 1. The predicted octanol–water partition coefficient (Wildman–Crippen LogP) is 2.11. The summed E-state index contributed by atoms with van der Waals surface area (Å²) in [5.74, 6) is 0.375. The highest BCUT2D eigenvalue weighted by Gasteiger charge is 2.21. The van der Waals surface area contributed by atoms with Gasteiger partial charge in [0.05, 0.1) is 5.60 Å². The van der Waals surface area contributed by atoms with Crippen molar-refractivity contribution in [1.29, 1.82) is 0 Å². The minimum atomic E-state index is -0.0960. The fraction of sp³-hybridized carbons (Fsp3) is 0.917. The van der Waals surface area contributed by atoms with Crippen LogP contribution < -0.4 is 5.32 Å². The molecule has 0 saturated carbocycles. The first-order valence-corrected chi connectivity index (χ1v) is 5.91. The predicted molar refractivity (Wildman–Crippen MR) is 60.7 cm³/mol. The highest BCUT2D eigenvalue weighted by molar-refractivity contribution is 5.78. The van der Waals surface area contributed by atoms with Gasteiger partial charge in [0.2, 0.25) is 5.91 Å². The third-order valence-corrected chi connectivity index (χ3v) is 2.65. The molecular weight excluding hydrogens is 190 g/mol. The topological polar surface area (TPSA) is 38.3 Å². The van der Waals surface area contributed by atoms with Crippen molar-refractivity contribution in [3.05, 3.63) is 0 Å². The van der Waals surface area contributed by atoms with E-state index in [-0.39, 0.29) is 17.4 Å². The van der Waals surface area contributed by atoms with Crippen LogP contribution in [-0.2, 0) is 9.53 Å². The molecule has 1 atom stereocenters. The van der Waals surface area contributed by atoms with Crippen LogP contribution in [0.25, 0.3) is 0 Å². The molecule has 1 unspecified atom stereocenters. The molecule has 3 heteroatoms. The Kier molecular flexibility index (Phi) is 4.58. The number of hydrogen-bond donors (Lipinski definition) is 1. The van der Waals surface area contributed by atoms with Crippen molar-refractivity contribution in [3.63, 3.8) is 0 Å². The van der Waals surface area contributed by atoms with Gasteiger partial charge in [0.1, 0.15) is 0 Å². The van der Waals surface area contributed by atoms with Crippen molar-refractivity contribution in [3.8, 4) is 0 Å². The van der Waals surface area contributed by atoms with Crippen molar-refractivity contribution >= 4 is 5.91 Å². The van der Waals surface area contributed by atoms with Crippen LogP contribution in [0.4, 0.5) is 0 Å². The number of carbonyl (C=O) groups excluding carboxylic acids is 1. The van der Waals surface area contributed by atoms with Gasteiger partial charge < -0.3 is 10.1 Å². The van der Waals surface area contributed by atoms with Crippen molar-refractivity contribution in [2.45, 2.75) is 52.1 Å². The van der Waals surface area contributed by atoms with Gasteiger partial charge in [-0.25, -0.2) is 0 Å². The van der Waals surface area contributed by atoms with E-state index in [1.807, 2.05) is 20.8 Å². The molecule has 0 aromatic rings. The van der Waals surface area contributed by atoms with Crippen LogP contribution in [0.5, 0.6) is 0 Å². The summed E-state index contributed by atoms with van der Waals surface area (Å²) in [6, 6.07) is 0. The van der Waals surface area contributed by atoms with Crippen molar-refractivity contribution in [2.75, 3.05) is 13.2 Å². The Morgan fingerprint density at radius 1 is 1.40 bits per heavy atom. The Labute approximate surface area is 92.6 Å². The van der Waals surface area contributed by atoms with E-state index in [0.29, 0.717) is 6.61 Å². The Bertz CT molecular complexity index is 208. The Morgan fingerprint density at radius 2 is 2.13 bits per heavy atom. The number of amides is 1. The fourth-order valence-electron chi connectivity index (χ4n) is 1.79. The molecule has 1 rings (SSSR count). The van der Waals surface area contributed by atoms with Gasteiger partial charge >= 0.3 is 0 Å². The lowest BCUT2D eigenvalue weighted by atomic mass is 9.99. The summed E-state index contributed by atoms with van der Waals surface area (Å²) in [6.45, 7) is 7.65. The molecule has 1 fully saturated rings. The van der Waals surface area contributed by atoms with E-state index >= 15 is 0 Å². The standard InChI is InChI=1S/C12H23NO2/c1-12(2,3)15-9-7-10-6-4-5-8-13-11(10)14/h10H,4-9H2,1-3H3,(H,13,14). The van der Waals surface area contributed by atoms with Gasteiger partial charge in [-0.3, -0.25) is 4.79 Å².